The molecule has 3 aromatic rings. The number of benzene rings is 1. The van der Waals surface area contributed by atoms with Crippen LogP contribution in [0.5, 0.6) is 5.75 Å². The molecular weight excluding hydrogens is 437 g/mol. The smallest absolute Gasteiger partial charge is 0.258 e. The summed E-state index contributed by atoms with van der Waals surface area (Å²) in [5.74, 6) is -0.479. The van der Waals surface area contributed by atoms with Crippen LogP contribution >= 0.6 is 11.6 Å². The molecular formula is C21H24ClFN5O2Si. The Labute approximate surface area is 188 Å². The van der Waals surface area contributed by atoms with Crippen LogP contribution in [-0.4, -0.2) is 43.2 Å². The number of amides is 1. The van der Waals surface area contributed by atoms with Crippen molar-refractivity contribution < 1.29 is 13.9 Å². The van der Waals surface area contributed by atoms with Crippen molar-refractivity contribution >= 4 is 39.1 Å². The molecule has 2 aromatic heterocycles. The second kappa shape index (κ2) is 8.47. The Kier molecular flexibility index (Phi) is 6.29. The Bertz CT molecular complexity index is 1160. The van der Waals surface area contributed by atoms with Gasteiger partial charge in [-0.05, 0) is 33.8 Å². The molecule has 0 spiro atoms. The van der Waals surface area contributed by atoms with Gasteiger partial charge in [0.25, 0.3) is 5.91 Å². The Morgan fingerprint density at radius 3 is 2.77 bits per heavy atom. The summed E-state index contributed by atoms with van der Waals surface area (Å²) in [4.78, 5) is 21.6. The van der Waals surface area contributed by atoms with Gasteiger partial charge in [-0.1, -0.05) is 18.5 Å². The van der Waals surface area contributed by atoms with Crippen LogP contribution in [0.2, 0.25) is 5.02 Å². The summed E-state index contributed by atoms with van der Waals surface area (Å²) >= 11 is 6.22. The molecule has 2 heterocycles. The number of nitrogen functional groups attached to an aromatic ring is 1. The van der Waals surface area contributed by atoms with Gasteiger partial charge in [0.1, 0.15) is 28.5 Å². The number of hydrogen-bond donors (Lipinski definition) is 2. The molecule has 3 radical (unpaired) electrons. The highest BCUT2D eigenvalue weighted by Crippen LogP contribution is 2.41. The second-order valence-electron chi connectivity index (χ2n) is 7.63. The monoisotopic (exact) mass is 460 g/mol. The largest absolute Gasteiger partial charge is 0.490 e. The number of nitrogens with two attached hydrogens (primary N) is 1. The van der Waals surface area contributed by atoms with Crippen LogP contribution in [0.25, 0.3) is 5.52 Å². The highest BCUT2D eigenvalue weighted by atomic mass is 35.5. The summed E-state index contributed by atoms with van der Waals surface area (Å²) in [5.41, 5.74) is 7.59. The van der Waals surface area contributed by atoms with Gasteiger partial charge >= 0.3 is 0 Å². The lowest BCUT2D eigenvalue weighted by Gasteiger charge is -2.29. The summed E-state index contributed by atoms with van der Waals surface area (Å²) in [7, 11) is 3.81. The summed E-state index contributed by atoms with van der Waals surface area (Å²) < 4.78 is 22.8. The minimum Gasteiger partial charge on any atom is -0.490 e. The van der Waals surface area contributed by atoms with Crippen molar-refractivity contribution in [3.8, 4) is 5.75 Å². The van der Waals surface area contributed by atoms with Crippen LogP contribution in [0.15, 0.2) is 18.5 Å². The first kappa shape index (κ1) is 23.0. The highest BCUT2D eigenvalue weighted by molar-refractivity contribution is 6.31. The molecule has 163 valence electrons. The zero-order chi connectivity index (χ0) is 23.1. The van der Waals surface area contributed by atoms with Crippen molar-refractivity contribution in [3.63, 3.8) is 0 Å². The number of aryl methyl sites for hydroxylation is 1. The molecule has 10 heteroatoms. The van der Waals surface area contributed by atoms with Gasteiger partial charge in [0.05, 0.1) is 16.8 Å². The number of nitrogens with zero attached hydrogens (tertiary/aromatic N) is 3. The van der Waals surface area contributed by atoms with E-state index in [1.165, 1.54) is 6.07 Å². The highest BCUT2D eigenvalue weighted by Gasteiger charge is 2.36. The molecule has 0 aliphatic carbocycles. The van der Waals surface area contributed by atoms with Gasteiger partial charge in [0.2, 0.25) is 0 Å². The fraction of sp³-hybridized carbons (Fsp3) is 0.381. The number of aromatic nitrogens is 3. The molecule has 7 nitrogen and oxygen atoms in total. The predicted molar refractivity (Wildman–Crippen MR) is 120 cm³/mol. The predicted octanol–water partition coefficient (Wildman–Crippen LogP) is 3.38. The van der Waals surface area contributed by atoms with Crippen LogP contribution in [0.1, 0.15) is 55.1 Å². The van der Waals surface area contributed by atoms with E-state index in [0.29, 0.717) is 35.0 Å². The first-order valence-electron chi connectivity index (χ1n) is 9.82. The SMILES string of the molecule is CCNC(=O)c1c(F)c(Cl)cc([C@](C)([Si])c2nc(C)c3c(N)nccn23)c1OC(C)C. The standard InChI is InChI=1S/C21H24ClFN5O2Si/c1-6-25-19(29)14-15(23)13(22)9-12(17(14)30-10(2)3)21(5,31)20-27-11(4)16-18(24)26-7-8-28(16)20/h7-10H,6H2,1-5H3,(H2,24,26)(H,25,29)/t21-/m0/s1. The molecule has 0 saturated heterocycles. The summed E-state index contributed by atoms with van der Waals surface area (Å²) in [5, 5.41) is 1.41. The van der Waals surface area contributed by atoms with Gasteiger partial charge in [-0.15, -0.1) is 0 Å². The summed E-state index contributed by atoms with van der Waals surface area (Å²) in [6, 6.07) is 1.45. The molecule has 1 amide bonds. The van der Waals surface area contributed by atoms with Gasteiger partial charge in [0.15, 0.2) is 5.82 Å². The number of imidazole rings is 1. The van der Waals surface area contributed by atoms with Crippen LogP contribution in [0.4, 0.5) is 10.2 Å². The molecule has 1 atom stereocenters. The molecule has 0 fully saturated rings. The van der Waals surface area contributed by atoms with E-state index >= 15 is 4.39 Å². The quantitative estimate of drug-likeness (QED) is 0.550. The zero-order valence-corrected chi connectivity index (χ0v) is 19.8. The average Bonchev–Trinajstić information content (AvgIpc) is 3.03. The van der Waals surface area contributed by atoms with E-state index in [1.54, 1.807) is 37.6 Å². The van der Waals surface area contributed by atoms with E-state index in [1.807, 2.05) is 13.8 Å². The maximum absolute atomic E-state index is 15.0. The Morgan fingerprint density at radius 2 is 2.16 bits per heavy atom. The molecule has 0 aliphatic heterocycles. The van der Waals surface area contributed by atoms with E-state index in [2.05, 4.69) is 25.5 Å². The van der Waals surface area contributed by atoms with Crippen molar-refractivity contribution in [2.75, 3.05) is 12.3 Å². The number of carbonyl (C=O) groups is 1. The first-order chi connectivity index (χ1) is 14.5. The van der Waals surface area contributed by atoms with Gasteiger partial charge in [0, 0.05) is 39.8 Å². The Balaban J connectivity index is 2.36. The third-order valence-electron chi connectivity index (χ3n) is 4.83. The van der Waals surface area contributed by atoms with Crippen LogP contribution < -0.4 is 15.8 Å². The summed E-state index contributed by atoms with van der Waals surface area (Å²) in [6.45, 7) is 9.31. The number of halogens is 2. The molecule has 0 saturated carbocycles. The van der Waals surface area contributed by atoms with Crippen LogP contribution in [-0.2, 0) is 5.04 Å². The summed E-state index contributed by atoms with van der Waals surface area (Å²) in [6.07, 6.45) is 2.98. The van der Waals surface area contributed by atoms with E-state index in [-0.39, 0.29) is 22.4 Å². The van der Waals surface area contributed by atoms with Crippen molar-refractivity contribution in [1.29, 1.82) is 0 Å². The van der Waals surface area contributed by atoms with Crippen molar-refractivity contribution in [1.82, 2.24) is 19.7 Å². The van der Waals surface area contributed by atoms with Gasteiger partial charge in [-0.2, -0.15) is 0 Å². The number of rotatable bonds is 6. The lowest BCUT2D eigenvalue weighted by molar-refractivity contribution is 0.0945. The van der Waals surface area contributed by atoms with Crippen molar-refractivity contribution in [2.24, 2.45) is 0 Å². The third-order valence-corrected chi connectivity index (χ3v) is 5.60. The maximum Gasteiger partial charge on any atom is 0.258 e. The molecule has 3 N–H and O–H groups in total. The Morgan fingerprint density at radius 1 is 1.48 bits per heavy atom. The molecule has 0 aliphatic rings. The number of ether oxygens (including phenoxy) is 1. The average molecular weight is 461 g/mol. The van der Waals surface area contributed by atoms with Crippen LogP contribution in [0.3, 0.4) is 0 Å². The lowest BCUT2D eigenvalue weighted by atomic mass is 9.94. The van der Waals surface area contributed by atoms with Crippen molar-refractivity contribution in [2.45, 2.75) is 45.8 Å². The molecule has 3 rings (SSSR count). The van der Waals surface area contributed by atoms with Crippen molar-refractivity contribution in [3.05, 3.63) is 51.9 Å². The molecule has 0 unspecified atom stereocenters. The fourth-order valence-corrected chi connectivity index (χ4v) is 4.07. The number of hydrogen-bond acceptors (Lipinski definition) is 5. The molecule has 31 heavy (non-hydrogen) atoms. The maximum atomic E-state index is 15.0. The zero-order valence-electron chi connectivity index (χ0n) is 18.0. The number of anilines is 1. The van der Waals surface area contributed by atoms with Gasteiger partial charge < -0.3 is 15.8 Å². The topological polar surface area (TPSA) is 94.5 Å². The second-order valence-corrected chi connectivity index (χ2v) is 9.03. The van der Waals surface area contributed by atoms with E-state index < -0.39 is 16.8 Å². The molecule has 1 aromatic carbocycles. The minimum absolute atomic E-state index is 0.0942. The van der Waals surface area contributed by atoms with Gasteiger partial charge in [-0.25, -0.2) is 14.4 Å². The van der Waals surface area contributed by atoms with Gasteiger partial charge in [-0.3, -0.25) is 9.20 Å². The number of fused-ring (bicyclic) bond motifs is 1. The Hall–Kier alpha value is -2.65. The van der Waals surface area contributed by atoms with E-state index in [4.69, 9.17) is 22.1 Å². The number of nitrogens with one attached hydrogen (secondary N) is 1. The minimum atomic E-state index is -1.02. The third kappa shape index (κ3) is 3.99. The van der Waals surface area contributed by atoms with Crippen LogP contribution in [0, 0.1) is 12.7 Å². The molecule has 0 bridgehead atoms. The first-order valence-corrected chi connectivity index (χ1v) is 10.7. The van der Waals surface area contributed by atoms with E-state index in [0.717, 1.165) is 0 Å². The fourth-order valence-electron chi connectivity index (χ4n) is 3.51. The number of carbonyl (C=O) groups excluding carboxylic acids is 1. The lowest BCUT2D eigenvalue weighted by Crippen LogP contribution is -2.31. The van der Waals surface area contributed by atoms with E-state index in [9.17, 15) is 4.79 Å². The normalized spacial score (nSPS) is 13.5.